The molecule has 0 amide bonds. The SMILES string of the molecule is C#CCCCNc1ncncc1I. The molecule has 4 heteroatoms. The molecule has 13 heavy (non-hydrogen) atoms. The van der Waals surface area contributed by atoms with E-state index in [4.69, 9.17) is 6.42 Å². The predicted molar refractivity (Wildman–Crippen MR) is 61.3 cm³/mol. The topological polar surface area (TPSA) is 37.8 Å². The number of unbranched alkanes of at least 4 members (excludes halogenated alkanes) is 1. The minimum absolute atomic E-state index is 0.800. The molecular formula is C9H10IN3. The van der Waals surface area contributed by atoms with Gasteiger partial charge in [-0.1, -0.05) is 0 Å². The monoisotopic (exact) mass is 287 g/mol. The molecule has 1 N–H and O–H groups in total. The Hall–Kier alpha value is -0.830. The summed E-state index contributed by atoms with van der Waals surface area (Å²) in [4.78, 5) is 7.99. The molecule has 0 fully saturated rings. The van der Waals surface area contributed by atoms with E-state index in [2.05, 4.69) is 43.8 Å². The summed E-state index contributed by atoms with van der Waals surface area (Å²) in [5, 5.41) is 3.19. The molecule has 0 aliphatic carbocycles. The fraction of sp³-hybridized carbons (Fsp3) is 0.333. The first-order valence-electron chi connectivity index (χ1n) is 3.97. The summed E-state index contributed by atoms with van der Waals surface area (Å²) in [6, 6.07) is 0. The second-order valence-electron chi connectivity index (χ2n) is 2.45. The third-order valence-corrected chi connectivity index (χ3v) is 2.25. The van der Waals surface area contributed by atoms with Gasteiger partial charge in [-0.3, -0.25) is 0 Å². The molecular weight excluding hydrogens is 277 g/mol. The zero-order valence-electron chi connectivity index (χ0n) is 7.13. The lowest BCUT2D eigenvalue weighted by atomic mass is 10.3. The average Bonchev–Trinajstić information content (AvgIpc) is 2.15. The molecule has 1 aromatic heterocycles. The summed E-state index contributed by atoms with van der Waals surface area (Å²) in [5.41, 5.74) is 0. The highest BCUT2D eigenvalue weighted by molar-refractivity contribution is 14.1. The van der Waals surface area contributed by atoms with Crippen molar-refractivity contribution >= 4 is 28.4 Å². The Morgan fingerprint density at radius 3 is 3.15 bits per heavy atom. The van der Waals surface area contributed by atoms with Crippen LogP contribution in [0.1, 0.15) is 12.8 Å². The normalized spacial score (nSPS) is 9.23. The van der Waals surface area contributed by atoms with Gasteiger partial charge in [0.2, 0.25) is 0 Å². The van der Waals surface area contributed by atoms with Crippen LogP contribution >= 0.6 is 22.6 Å². The van der Waals surface area contributed by atoms with E-state index < -0.39 is 0 Å². The van der Waals surface area contributed by atoms with Crippen molar-refractivity contribution in [2.45, 2.75) is 12.8 Å². The molecule has 0 bridgehead atoms. The van der Waals surface area contributed by atoms with Crippen molar-refractivity contribution in [3.63, 3.8) is 0 Å². The third-order valence-electron chi connectivity index (χ3n) is 1.46. The first-order valence-corrected chi connectivity index (χ1v) is 5.05. The summed E-state index contributed by atoms with van der Waals surface area (Å²) in [7, 11) is 0. The quantitative estimate of drug-likeness (QED) is 0.522. The van der Waals surface area contributed by atoms with Crippen LogP contribution in [0, 0.1) is 15.9 Å². The minimum atomic E-state index is 0.800. The Morgan fingerprint density at radius 2 is 2.46 bits per heavy atom. The molecule has 1 heterocycles. The van der Waals surface area contributed by atoms with Crippen LogP contribution in [0.2, 0.25) is 0 Å². The lowest BCUT2D eigenvalue weighted by molar-refractivity contribution is 0.898. The first kappa shape index (κ1) is 10.3. The smallest absolute Gasteiger partial charge is 0.142 e. The number of aromatic nitrogens is 2. The van der Waals surface area contributed by atoms with E-state index in [-0.39, 0.29) is 0 Å². The lowest BCUT2D eigenvalue weighted by Crippen LogP contribution is -2.04. The molecule has 0 aliphatic heterocycles. The first-order chi connectivity index (χ1) is 6.34. The molecule has 3 nitrogen and oxygen atoms in total. The molecule has 0 aliphatic rings. The predicted octanol–water partition coefficient (Wildman–Crippen LogP) is 1.91. The number of anilines is 1. The number of rotatable bonds is 4. The standard InChI is InChI=1S/C9H10IN3/c1-2-3-4-5-12-9-8(10)6-11-7-13-9/h1,6-7H,3-5H2,(H,11,12,13). The Morgan fingerprint density at radius 1 is 1.62 bits per heavy atom. The highest BCUT2D eigenvalue weighted by Crippen LogP contribution is 2.11. The van der Waals surface area contributed by atoms with Crippen LogP contribution in [-0.4, -0.2) is 16.5 Å². The van der Waals surface area contributed by atoms with Gasteiger partial charge >= 0.3 is 0 Å². The maximum atomic E-state index is 5.13. The molecule has 0 aromatic carbocycles. The number of terminal acetylenes is 1. The second kappa shape index (κ2) is 5.75. The molecule has 68 valence electrons. The van der Waals surface area contributed by atoms with Gasteiger partial charge in [0, 0.05) is 19.2 Å². The molecule has 1 aromatic rings. The molecule has 0 atom stereocenters. The fourth-order valence-electron chi connectivity index (χ4n) is 0.840. The van der Waals surface area contributed by atoms with Crippen molar-refractivity contribution in [2.75, 3.05) is 11.9 Å². The van der Waals surface area contributed by atoms with E-state index in [0.717, 1.165) is 28.8 Å². The maximum Gasteiger partial charge on any atom is 0.142 e. The van der Waals surface area contributed by atoms with Crippen molar-refractivity contribution in [2.24, 2.45) is 0 Å². The van der Waals surface area contributed by atoms with Gasteiger partial charge in [-0.2, -0.15) is 0 Å². The summed E-state index contributed by atoms with van der Waals surface area (Å²) >= 11 is 2.19. The van der Waals surface area contributed by atoms with E-state index in [0.29, 0.717) is 0 Å². The molecule has 0 saturated heterocycles. The molecule has 0 unspecified atom stereocenters. The zero-order valence-corrected chi connectivity index (χ0v) is 9.28. The number of hydrogen-bond acceptors (Lipinski definition) is 3. The van der Waals surface area contributed by atoms with Crippen molar-refractivity contribution in [1.82, 2.24) is 9.97 Å². The highest BCUT2D eigenvalue weighted by Gasteiger charge is 1.97. The Bertz CT molecular complexity index is 306. The van der Waals surface area contributed by atoms with Gasteiger partial charge in [-0.05, 0) is 29.0 Å². The summed E-state index contributed by atoms with van der Waals surface area (Å²) in [6.45, 7) is 0.858. The Balaban J connectivity index is 2.37. The van der Waals surface area contributed by atoms with Crippen LogP contribution in [0.5, 0.6) is 0 Å². The number of hydrogen-bond donors (Lipinski definition) is 1. The van der Waals surface area contributed by atoms with E-state index in [9.17, 15) is 0 Å². The second-order valence-corrected chi connectivity index (χ2v) is 3.62. The van der Waals surface area contributed by atoms with Gasteiger partial charge in [0.1, 0.15) is 12.1 Å². The number of nitrogens with one attached hydrogen (secondary N) is 1. The zero-order chi connectivity index (χ0) is 9.52. The van der Waals surface area contributed by atoms with E-state index in [1.54, 1.807) is 6.20 Å². The number of halogens is 1. The van der Waals surface area contributed by atoms with Crippen LogP contribution in [-0.2, 0) is 0 Å². The van der Waals surface area contributed by atoms with Crippen molar-refractivity contribution in [1.29, 1.82) is 0 Å². The Kier molecular flexibility index (Phi) is 4.54. The lowest BCUT2D eigenvalue weighted by Gasteiger charge is -2.04. The van der Waals surface area contributed by atoms with Crippen LogP contribution in [0.3, 0.4) is 0 Å². The largest absolute Gasteiger partial charge is 0.369 e. The van der Waals surface area contributed by atoms with Crippen LogP contribution in [0.15, 0.2) is 12.5 Å². The van der Waals surface area contributed by atoms with Crippen LogP contribution < -0.4 is 5.32 Å². The van der Waals surface area contributed by atoms with Crippen molar-refractivity contribution < 1.29 is 0 Å². The van der Waals surface area contributed by atoms with Crippen molar-refractivity contribution in [3.05, 3.63) is 16.1 Å². The summed E-state index contributed by atoms with van der Waals surface area (Å²) in [6.07, 6.45) is 10.2. The Labute approximate surface area is 91.5 Å². The van der Waals surface area contributed by atoms with Gasteiger partial charge in [0.15, 0.2) is 0 Å². The van der Waals surface area contributed by atoms with Crippen LogP contribution in [0.4, 0.5) is 5.82 Å². The van der Waals surface area contributed by atoms with E-state index in [1.165, 1.54) is 6.33 Å². The molecule has 0 saturated carbocycles. The van der Waals surface area contributed by atoms with Gasteiger partial charge < -0.3 is 5.32 Å². The van der Waals surface area contributed by atoms with E-state index in [1.807, 2.05) is 0 Å². The summed E-state index contributed by atoms with van der Waals surface area (Å²) < 4.78 is 1.03. The third kappa shape index (κ3) is 3.59. The number of nitrogens with zero attached hydrogens (tertiary/aromatic N) is 2. The van der Waals surface area contributed by atoms with Gasteiger partial charge in [0.05, 0.1) is 3.57 Å². The minimum Gasteiger partial charge on any atom is -0.369 e. The van der Waals surface area contributed by atoms with Gasteiger partial charge in [-0.15, -0.1) is 12.3 Å². The fourth-order valence-corrected chi connectivity index (χ4v) is 1.33. The molecule has 1 rings (SSSR count). The van der Waals surface area contributed by atoms with Crippen LogP contribution in [0.25, 0.3) is 0 Å². The highest BCUT2D eigenvalue weighted by atomic mass is 127. The van der Waals surface area contributed by atoms with Gasteiger partial charge in [-0.25, -0.2) is 9.97 Å². The average molecular weight is 287 g/mol. The van der Waals surface area contributed by atoms with E-state index >= 15 is 0 Å². The summed E-state index contributed by atoms with van der Waals surface area (Å²) in [5.74, 6) is 3.48. The van der Waals surface area contributed by atoms with Crippen molar-refractivity contribution in [3.8, 4) is 12.3 Å². The maximum absolute atomic E-state index is 5.13. The van der Waals surface area contributed by atoms with Gasteiger partial charge in [0.25, 0.3) is 0 Å². The molecule has 0 radical (unpaired) electrons. The molecule has 0 spiro atoms.